The van der Waals surface area contributed by atoms with Gasteiger partial charge in [0, 0.05) is 6.20 Å². The maximum absolute atomic E-state index is 11.7. The fourth-order valence-corrected chi connectivity index (χ4v) is 1.96. The molecule has 0 saturated heterocycles. The van der Waals surface area contributed by atoms with Crippen LogP contribution in [-0.2, 0) is 4.79 Å². The summed E-state index contributed by atoms with van der Waals surface area (Å²) in [6, 6.07) is 11.4. The van der Waals surface area contributed by atoms with E-state index in [1.165, 1.54) is 5.56 Å². The number of carbonyl (C=O) groups is 1. The summed E-state index contributed by atoms with van der Waals surface area (Å²) in [6.07, 6.45) is 3.29. The number of ether oxygens (including phenoxy) is 2. The lowest BCUT2D eigenvalue weighted by molar-refractivity contribution is -0.122. The number of nitrogens with zero attached hydrogens (tertiary/aromatic N) is 1. The largest absolute Gasteiger partial charge is 0.484 e. The van der Waals surface area contributed by atoms with Gasteiger partial charge in [0.2, 0.25) is 0 Å². The number of aromatic nitrogens is 1. The molecule has 0 spiro atoms. The van der Waals surface area contributed by atoms with Crippen molar-refractivity contribution in [2.24, 2.45) is 0 Å². The van der Waals surface area contributed by atoms with E-state index in [2.05, 4.69) is 36.0 Å². The van der Waals surface area contributed by atoms with E-state index in [1.54, 1.807) is 18.5 Å². The minimum Gasteiger partial charge on any atom is -0.484 e. The van der Waals surface area contributed by atoms with E-state index < -0.39 is 0 Å². The zero-order valence-electron chi connectivity index (χ0n) is 14.5. The molecule has 1 heterocycles. The molecule has 130 valence electrons. The van der Waals surface area contributed by atoms with Crippen LogP contribution in [0.3, 0.4) is 0 Å². The number of amides is 1. The maximum atomic E-state index is 11.7. The van der Waals surface area contributed by atoms with Gasteiger partial charge < -0.3 is 14.8 Å². The molecule has 0 unspecified atom stereocenters. The summed E-state index contributed by atoms with van der Waals surface area (Å²) in [5.41, 5.74) is 1.24. The lowest BCUT2D eigenvalue weighted by Crippen LogP contribution is -2.29. The molecule has 2 aromatic rings. The van der Waals surface area contributed by atoms with Gasteiger partial charge in [-0.25, -0.2) is 0 Å². The zero-order valence-corrected chi connectivity index (χ0v) is 14.5. The minimum atomic E-state index is -0.213. The van der Waals surface area contributed by atoms with Crippen molar-refractivity contribution < 1.29 is 14.3 Å². The summed E-state index contributed by atoms with van der Waals surface area (Å²) in [7, 11) is 0. The molecule has 1 amide bonds. The van der Waals surface area contributed by atoms with E-state index in [1.807, 2.05) is 30.3 Å². The molecule has 1 N–H and O–H groups in total. The van der Waals surface area contributed by atoms with Crippen LogP contribution < -0.4 is 14.8 Å². The van der Waals surface area contributed by atoms with Gasteiger partial charge in [0.1, 0.15) is 18.1 Å². The van der Waals surface area contributed by atoms with Crippen LogP contribution in [0.4, 0.5) is 0 Å². The van der Waals surface area contributed by atoms with Crippen molar-refractivity contribution in [1.82, 2.24) is 10.3 Å². The molecule has 0 aliphatic rings. The summed E-state index contributed by atoms with van der Waals surface area (Å²) in [5.74, 6) is 7.24. The number of hydrogen-bond donors (Lipinski definition) is 1. The third-order valence-corrected chi connectivity index (χ3v) is 3.36. The van der Waals surface area contributed by atoms with Gasteiger partial charge in [0.05, 0.1) is 12.7 Å². The van der Waals surface area contributed by atoms with E-state index in [0.29, 0.717) is 17.4 Å². The number of nitrogens with one attached hydrogen (secondary N) is 1. The molecule has 2 rings (SSSR count). The molecule has 0 aliphatic heterocycles. The highest BCUT2D eigenvalue weighted by Gasteiger charge is 2.03. The molecule has 25 heavy (non-hydrogen) atoms. The Balaban J connectivity index is 1.62. The van der Waals surface area contributed by atoms with Crippen LogP contribution in [0.2, 0.25) is 0 Å². The molecular formula is C20H22N2O3. The van der Waals surface area contributed by atoms with Crippen LogP contribution in [0.5, 0.6) is 11.5 Å². The van der Waals surface area contributed by atoms with Gasteiger partial charge in [-0.05, 0) is 35.7 Å². The lowest BCUT2D eigenvalue weighted by atomic mass is 10.0. The summed E-state index contributed by atoms with van der Waals surface area (Å²) in [4.78, 5) is 15.6. The van der Waals surface area contributed by atoms with Crippen molar-refractivity contribution in [3.05, 3.63) is 54.4 Å². The topological polar surface area (TPSA) is 60.5 Å². The van der Waals surface area contributed by atoms with Crippen LogP contribution in [0.25, 0.3) is 0 Å². The second-order valence-electron chi connectivity index (χ2n) is 5.62. The van der Waals surface area contributed by atoms with Crippen LogP contribution in [0.15, 0.2) is 48.8 Å². The summed E-state index contributed by atoms with van der Waals surface area (Å²) < 4.78 is 10.8. The standard InChI is InChI=1S/C20H22N2O3/c1-16(2)17-7-9-18(10-8-17)25-15-20(23)22-12-3-4-13-24-19-6-5-11-21-14-19/h5-11,14,16H,12-13,15H2,1-2H3,(H,22,23). The second-order valence-corrected chi connectivity index (χ2v) is 5.62. The van der Waals surface area contributed by atoms with E-state index in [4.69, 9.17) is 9.47 Å². The first-order valence-electron chi connectivity index (χ1n) is 8.13. The van der Waals surface area contributed by atoms with Crippen LogP contribution >= 0.6 is 0 Å². The van der Waals surface area contributed by atoms with Gasteiger partial charge in [-0.2, -0.15) is 0 Å². The maximum Gasteiger partial charge on any atom is 0.258 e. The van der Waals surface area contributed by atoms with E-state index >= 15 is 0 Å². The Morgan fingerprint density at radius 1 is 1.12 bits per heavy atom. The number of hydrogen-bond acceptors (Lipinski definition) is 4. The Bertz CT molecular complexity index is 716. The molecule has 5 nitrogen and oxygen atoms in total. The Kier molecular flexibility index (Phi) is 7.33. The zero-order chi connectivity index (χ0) is 17.9. The quantitative estimate of drug-likeness (QED) is 0.789. The minimum absolute atomic E-state index is 0.0328. The van der Waals surface area contributed by atoms with Crippen molar-refractivity contribution in [3.63, 3.8) is 0 Å². The third kappa shape index (κ3) is 6.96. The SMILES string of the molecule is CC(C)c1ccc(OCC(=O)NCC#CCOc2cccnc2)cc1. The highest BCUT2D eigenvalue weighted by Crippen LogP contribution is 2.18. The molecule has 0 fully saturated rings. The highest BCUT2D eigenvalue weighted by molar-refractivity contribution is 5.77. The molecule has 0 bridgehead atoms. The van der Waals surface area contributed by atoms with Crippen LogP contribution in [0.1, 0.15) is 25.3 Å². The fourth-order valence-electron chi connectivity index (χ4n) is 1.96. The summed E-state index contributed by atoms with van der Waals surface area (Å²) in [5, 5.41) is 2.68. The van der Waals surface area contributed by atoms with Crippen molar-refractivity contribution in [1.29, 1.82) is 0 Å². The smallest absolute Gasteiger partial charge is 0.258 e. The predicted octanol–water partition coefficient (Wildman–Crippen LogP) is 2.78. The van der Waals surface area contributed by atoms with Crippen LogP contribution in [0, 0.1) is 11.8 Å². The number of pyridine rings is 1. The molecule has 0 radical (unpaired) electrons. The first-order chi connectivity index (χ1) is 12.1. The van der Waals surface area contributed by atoms with Gasteiger partial charge >= 0.3 is 0 Å². The first kappa shape index (κ1) is 18.3. The Morgan fingerprint density at radius 3 is 2.60 bits per heavy atom. The third-order valence-electron chi connectivity index (χ3n) is 3.36. The van der Waals surface area contributed by atoms with Gasteiger partial charge in [-0.1, -0.05) is 37.8 Å². The van der Waals surface area contributed by atoms with E-state index in [0.717, 1.165) is 0 Å². The highest BCUT2D eigenvalue weighted by atomic mass is 16.5. The molecule has 5 heteroatoms. The second kappa shape index (κ2) is 9.99. The Labute approximate surface area is 148 Å². The number of benzene rings is 1. The van der Waals surface area contributed by atoms with E-state index in [-0.39, 0.29) is 25.7 Å². The van der Waals surface area contributed by atoms with Crippen molar-refractivity contribution in [3.8, 4) is 23.3 Å². The molecular weight excluding hydrogens is 316 g/mol. The Morgan fingerprint density at radius 2 is 1.92 bits per heavy atom. The van der Waals surface area contributed by atoms with Crippen molar-refractivity contribution in [2.75, 3.05) is 19.8 Å². The number of carbonyl (C=O) groups excluding carboxylic acids is 1. The van der Waals surface area contributed by atoms with Gasteiger partial charge in [-0.15, -0.1) is 0 Å². The first-order valence-corrected chi connectivity index (χ1v) is 8.13. The average molecular weight is 338 g/mol. The molecule has 1 aromatic heterocycles. The Hall–Kier alpha value is -3.00. The predicted molar refractivity (Wildman–Crippen MR) is 96.5 cm³/mol. The lowest BCUT2D eigenvalue weighted by Gasteiger charge is -2.08. The molecule has 1 aromatic carbocycles. The molecule has 0 aliphatic carbocycles. The normalized spacial score (nSPS) is 9.88. The van der Waals surface area contributed by atoms with Crippen LogP contribution in [-0.4, -0.2) is 30.6 Å². The summed E-state index contributed by atoms with van der Waals surface area (Å²) >= 11 is 0. The van der Waals surface area contributed by atoms with Crippen molar-refractivity contribution >= 4 is 5.91 Å². The number of rotatable bonds is 7. The monoisotopic (exact) mass is 338 g/mol. The fraction of sp³-hybridized carbons (Fsp3) is 0.300. The van der Waals surface area contributed by atoms with Gasteiger partial charge in [0.25, 0.3) is 5.91 Å². The van der Waals surface area contributed by atoms with Gasteiger partial charge in [0.15, 0.2) is 6.61 Å². The average Bonchev–Trinajstić information content (AvgIpc) is 2.64. The summed E-state index contributed by atoms with van der Waals surface area (Å²) in [6.45, 7) is 4.73. The van der Waals surface area contributed by atoms with Crippen molar-refractivity contribution in [2.45, 2.75) is 19.8 Å². The van der Waals surface area contributed by atoms with E-state index in [9.17, 15) is 4.79 Å². The molecule has 0 saturated carbocycles. The van der Waals surface area contributed by atoms with Gasteiger partial charge in [-0.3, -0.25) is 9.78 Å². The molecule has 0 atom stereocenters.